The fourth-order valence-electron chi connectivity index (χ4n) is 2.18. The van der Waals surface area contributed by atoms with Crippen molar-refractivity contribution in [3.05, 3.63) is 48.5 Å². The minimum Gasteiger partial charge on any atom is -0.366 e. The molecular weight excluding hydrogens is 262 g/mol. The smallest absolute Gasteiger partial charge is 0.366 e. The third-order valence-corrected chi connectivity index (χ3v) is 2.89. The summed E-state index contributed by atoms with van der Waals surface area (Å²) in [6.45, 7) is 0. The van der Waals surface area contributed by atoms with E-state index in [2.05, 4.69) is 26.5 Å². The molecule has 4 aromatic rings. The van der Waals surface area contributed by atoms with Gasteiger partial charge in [-0.3, -0.25) is 0 Å². The van der Waals surface area contributed by atoms with Gasteiger partial charge < -0.3 is 14.4 Å². The van der Waals surface area contributed by atoms with Crippen molar-refractivity contribution in [2.24, 2.45) is 0 Å². The quantitative estimate of drug-likeness (QED) is 0.460. The molecule has 2 heterocycles. The Bertz CT molecular complexity index is 748. The van der Waals surface area contributed by atoms with Crippen LogP contribution in [0.15, 0.2) is 48.5 Å². The number of rotatable bonds is 0. The van der Waals surface area contributed by atoms with Crippen molar-refractivity contribution in [2.45, 2.75) is 0 Å². The minimum atomic E-state index is 0. The van der Waals surface area contributed by atoms with Crippen molar-refractivity contribution >= 4 is 27.8 Å². The Kier molecular flexibility index (Phi) is 2.21. The number of hydrogen-bond acceptors (Lipinski definition) is 1. The summed E-state index contributed by atoms with van der Waals surface area (Å²) in [7, 11) is 0. The van der Waals surface area contributed by atoms with Crippen LogP contribution in [-0.4, -0.2) is 9.38 Å². The zero-order chi connectivity index (χ0) is 10.5. The maximum Gasteiger partial charge on any atom is 1.00 e. The van der Waals surface area contributed by atoms with Crippen molar-refractivity contribution in [2.75, 3.05) is 0 Å². The molecule has 17 heavy (non-hydrogen) atoms. The molecule has 2 aromatic heterocycles. The molecule has 0 atom stereocenters. The summed E-state index contributed by atoms with van der Waals surface area (Å²) in [5.41, 5.74) is 4.23. The molecule has 0 aliphatic rings. The van der Waals surface area contributed by atoms with Crippen molar-refractivity contribution in [1.29, 1.82) is 0 Å². The second-order valence-electron chi connectivity index (χ2n) is 3.84. The molecule has 4 heteroatoms. The summed E-state index contributed by atoms with van der Waals surface area (Å²) < 4.78 is 2.10. The summed E-state index contributed by atoms with van der Waals surface area (Å²) in [6, 6.07) is 16.2. The SMILES string of the molecule is [Cu+].c1ccc2c(c1)nc1[n-]c3ccccc3n12. The van der Waals surface area contributed by atoms with Crippen LogP contribution in [0.3, 0.4) is 0 Å². The first kappa shape index (κ1) is 10.4. The first-order chi connectivity index (χ1) is 7.93. The number of nitrogens with zero attached hydrogens (tertiary/aromatic N) is 3. The number of imidazole rings is 2. The average Bonchev–Trinajstić information content (AvgIpc) is 2.83. The van der Waals surface area contributed by atoms with Crippen molar-refractivity contribution in [1.82, 2.24) is 14.4 Å². The maximum absolute atomic E-state index is 4.50. The molecule has 0 radical (unpaired) electrons. The molecule has 0 unspecified atom stereocenters. The van der Waals surface area contributed by atoms with Gasteiger partial charge in [0.05, 0.1) is 0 Å². The van der Waals surface area contributed by atoms with E-state index >= 15 is 0 Å². The van der Waals surface area contributed by atoms with Crippen LogP contribution in [0, 0.1) is 0 Å². The largest absolute Gasteiger partial charge is 1.00 e. The van der Waals surface area contributed by atoms with Gasteiger partial charge in [-0.2, -0.15) is 0 Å². The average molecular weight is 270 g/mol. The molecule has 0 aliphatic carbocycles. The number of fused-ring (bicyclic) bond motifs is 5. The zero-order valence-corrected chi connectivity index (χ0v) is 9.70. The van der Waals surface area contributed by atoms with Gasteiger partial charge in [0.2, 0.25) is 0 Å². The van der Waals surface area contributed by atoms with Crippen LogP contribution in [0.5, 0.6) is 0 Å². The van der Waals surface area contributed by atoms with Gasteiger partial charge in [0.25, 0.3) is 0 Å². The van der Waals surface area contributed by atoms with E-state index in [1.54, 1.807) is 0 Å². The number of aromatic nitrogens is 3. The molecule has 0 N–H and O–H groups in total. The van der Waals surface area contributed by atoms with Crippen LogP contribution in [0.1, 0.15) is 0 Å². The van der Waals surface area contributed by atoms with Crippen LogP contribution in [-0.2, 0) is 17.1 Å². The van der Waals surface area contributed by atoms with Crippen molar-refractivity contribution < 1.29 is 17.1 Å². The normalized spacial score (nSPS) is 11.1. The molecule has 0 saturated carbocycles. The monoisotopic (exact) mass is 269 g/mol. The Hall–Kier alpha value is -1.77. The molecule has 0 saturated heterocycles. The van der Waals surface area contributed by atoms with E-state index in [0.29, 0.717) is 0 Å². The third-order valence-electron chi connectivity index (χ3n) is 2.89. The van der Waals surface area contributed by atoms with E-state index in [0.717, 1.165) is 27.8 Å². The topological polar surface area (TPSA) is 31.4 Å². The summed E-state index contributed by atoms with van der Waals surface area (Å²) >= 11 is 0. The van der Waals surface area contributed by atoms with Gasteiger partial charge in [-0.25, -0.2) is 0 Å². The molecule has 86 valence electrons. The summed E-state index contributed by atoms with van der Waals surface area (Å²) in [5, 5.41) is 0. The molecule has 4 rings (SSSR count). The van der Waals surface area contributed by atoms with Crippen LogP contribution >= 0.6 is 0 Å². The molecule has 0 bridgehead atoms. The van der Waals surface area contributed by atoms with Gasteiger partial charge in [-0.15, -0.1) is 0 Å². The van der Waals surface area contributed by atoms with E-state index in [9.17, 15) is 0 Å². The predicted octanol–water partition coefficient (Wildman–Crippen LogP) is 2.60. The Balaban J connectivity index is 0.000000902. The van der Waals surface area contributed by atoms with Crippen LogP contribution in [0.2, 0.25) is 0 Å². The summed E-state index contributed by atoms with van der Waals surface area (Å²) in [6.07, 6.45) is 0. The zero-order valence-electron chi connectivity index (χ0n) is 8.76. The van der Waals surface area contributed by atoms with Crippen LogP contribution in [0.25, 0.3) is 27.8 Å². The standard InChI is InChI=1S/C13H8N3.Cu/c1-3-7-11-9(5-1)14-13-15-10-6-2-4-8-12(10)16(11)13;/h1-8H;/q-1;+1. The maximum atomic E-state index is 4.50. The Labute approximate surface area is 108 Å². The fraction of sp³-hybridized carbons (Fsp3) is 0. The van der Waals surface area contributed by atoms with Crippen molar-refractivity contribution in [3.8, 4) is 0 Å². The first-order valence-electron chi connectivity index (χ1n) is 5.22. The Morgan fingerprint density at radius 2 is 1.59 bits per heavy atom. The molecular formula is C13H8CuN3. The summed E-state index contributed by atoms with van der Waals surface area (Å²) in [5.74, 6) is 0.780. The third kappa shape index (κ3) is 1.31. The van der Waals surface area contributed by atoms with E-state index in [-0.39, 0.29) is 17.1 Å². The second-order valence-corrected chi connectivity index (χ2v) is 3.84. The molecule has 3 nitrogen and oxygen atoms in total. The van der Waals surface area contributed by atoms with Gasteiger partial charge in [-0.05, 0) is 0 Å². The van der Waals surface area contributed by atoms with Crippen molar-refractivity contribution in [3.63, 3.8) is 0 Å². The predicted molar refractivity (Wildman–Crippen MR) is 63.5 cm³/mol. The van der Waals surface area contributed by atoms with E-state index in [4.69, 9.17) is 0 Å². The van der Waals surface area contributed by atoms with E-state index in [1.807, 2.05) is 36.4 Å². The second kappa shape index (κ2) is 3.62. The Morgan fingerprint density at radius 3 is 2.47 bits per heavy atom. The molecule has 0 aliphatic heterocycles. The van der Waals surface area contributed by atoms with Gasteiger partial charge in [0.1, 0.15) is 0 Å². The van der Waals surface area contributed by atoms with Gasteiger partial charge >= 0.3 is 17.1 Å². The minimum absolute atomic E-state index is 0. The van der Waals surface area contributed by atoms with E-state index < -0.39 is 0 Å². The number of para-hydroxylation sites is 4. The Morgan fingerprint density at radius 1 is 0.882 bits per heavy atom. The molecule has 2 aromatic carbocycles. The first-order valence-corrected chi connectivity index (χ1v) is 5.22. The molecule has 0 spiro atoms. The van der Waals surface area contributed by atoms with E-state index in [1.165, 1.54) is 0 Å². The number of benzene rings is 2. The fourth-order valence-corrected chi connectivity index (χ4v) is 2.18. The molecule has 0 amide bonds. The van der Waals surface area contributed by atoms with Crippen LogP contribution in [0.4, 0.5) is 0 Å². The molecule has 0 fully saturated rings. The van der Waals surface area contributed by atoms with Gasteiger partial charge in [-0.1, -0.05) is 48.5 Å². The van der Waals surface area contributed by atoms with Gasteiger partial charge in [0.15, 0.2) is 0 Å². The van der Waals surface area contributed by atoms with Crippen LogP contribution < -0.4 is 4.98 Å². The summed E-state index contributed by atoms with van der Waals surface area (Å²) in [4.78, 5) is 9.01. The van der Waals surface area contributed by atoms with Gasteiger partial charge in [0, 0.05) is 27.8 Å². The number of hydrogen-bond donors (Lipinski definition) is 0.